The molecule has 6 rings (SSSR count). The molecule has 26 heavy (non-hydrogen) atoms. The molecule has 0 amide bonds. The average Bonchev–Trinajstić information content (AvgIpc) is 3.45. The quantitative estimate of drug-likeness (QED) is 0.610. The summed E-state index contributed by atoms with van der Waals surface area (Å²) >= 11 is 0. The summed E-state index contributed by atoms with van der Waals surface area (Å²) in [6.07, 6.45) is 5.13. The van der Waals surface area contributed by atoms with E-state index < -0.39 is 0 Å². The van der Waals surface area contributed by atoms with Gasteiger partial charge in [-0.25, -0.2) is 0 Å². The van der Waals surface area contributed by atoms with E-state index in [9.17, 15) is 5.11 Å². The Labute approximate surface area is 152 Å². The molecule has 0 aromatic heterocycles. The van der Waals surface area contributed by atoms with Crippen LogP contribution in [0.5, 0.6) is 5.75 Å². The van der Waals surface area contributed by atoms with Crippen LogP contribution in [0.1, 0.15) is 11.1 Å². The molecule has 0 spiro atoms. The molecule has 0 bridgehead atoms. The lowest BCUT2D eigenvalue weighted by atomic mass is 9.76. The molecule has 1 heterocycles. The number of hydrogen-bond donors (Lipinski definition) is 1. The molecule has 2 unspecified atom stereocenters. The number of allylic oxidation sites excluding steroid dienone is 2. The highest BCUT2D eigenvalue weighted by Crippen LogP contribution is 2.52. The van der Waals surface area contributed by atoms with Crippen molar-refractivity contribution in [2.24, 2.45) is 0 Å². The van der Waals surface area contributed by atoms with E-state index in [1.165, 1.54) is 22.3 Å². The van der Waals surface area contributed by atoms with Crippen molar-refractivity contribution in [1.82, 2.24) is 0 Å². The minimum atomic E-state index is 0.328. The maximum atomic E-state index is 9.56. The first-order valence-electron chi connectivity index (χ1n) is 8.84. The van der Waals surface area contributed by atoms with Gasteiger partial charge in [-0.05, 0) is 33.9 Å². The van der Waals surface area contributed by atoms with Crippen molar-refractivity contribution < 1.29 is 9.84 Å². The topological polar surface area (TPSA) is 32.8 Å². The van der Waals surface area contributed by atoms with Crippen molar-refractivity contribution >= 4 is 11.1 Å². The molecule has 126 valence electrons. The predicted octanol–water partition coefficient (Wildman–Crippen LogP) is 5.31. The number of fused-ring (bicyclic) bond motifs is 5. The molecule has 2 aliphatic carbocycles. The van der Waals surface area contributed by atoms with Crippen molar-refractivity contribution in [3.63, 3.8) is 0 Å². The van der Waals surface area contributed by atoms with Gasteiger partial charge in [-0.3, -0.25) is 0 Å². The summed E-state index contributed by atoms with van der Waals surface area (Å²) in [4.78, 5) is 0. The fourth-order valence-corrected chi connectivity index (χ4v) is 3.70. The molecule has 2 heteroatoms. The van der Waals surface area contributed by atoms with E-state index in [0.717, 1.165) is 11.1 Å². The Hall–Kier alpha value is -3.10. The summed E-state index contributed by atoms with van der Waals surface area (Å²) in [6.45, 7) is 0. The minimum absolute atomic E-state index is 0.328. The smallest absolute Gasteiger partial charge is 0.123 e. The SMILES string of the molecule is C1=CC2OC2C2=C1c1ccccc12.Oc1ccccc1-c1ccccc1. The van der Waals surface area contributed by atoms with Crippen LogP contribution in [0.25, 0.3) is 22.3 Å². The second-order valence-corrected chi connectivity index (χ2v) is 6.64. The van der Waals surface area contributed by atoms with Gasteiger partial charge in [-0.15, -0.1) is 0 Å². The van der Waals surface area contributed by atoms with Crippen LogP contribution in [0.15, 0.2) is 91.0 Å². The first-order valence-corrected chi connectivity index (χ1v) is 8.84. The van der Waals surface area contributed by atoms with Gasteiger partial charge >= 0.3 is 0 Å². The van der Waals surface area contributed by atoms with E-state index >= 15 is 0 Å². The van der Waals surface area contributed by atoms with Crippen LogP contribution in [0.3, 0.4) is 0 Å². The lowest BCUT2D eigenvalue weighted by molar-refractivity contribution is 0.418. The van der Waals surface area contributed by atoms with E-state index in [1.807, 2.05) is 48.5 Å². The zero-order chi connectivity index (χ0) is 17.5. The zero-order valence-electron chi connectivity index (χ0n) is 14.2. The first-order chi connectivity index (χ1) is 12.8. The molecular formula is C24H18O2. The second kappa shape index (κ2) is 6.01. The summed E-state index contributed by atoms with van der Waals surface area (Å²) in [6, 6.07) is 25.7. The molecule has 3 aromatic rings. The maximum absolute atomic E-state index is 9.56. The summed E-state index contributed by atoms with van der Waals surface area (Å²) in [5.41, 5.74) is 7.54. The first kappa shape index (κ1) is 15.2. The van der Waals surface area contributed by atoms with Crippen LogP contribution in [-0.2, 0) is 4.74 Å². The number of phenolic OH excluding ortho intramolecular Hbond substituents is 1. The number of phenols is 1. The Morgan fingerprint density at radius 2 is 1.35 bits per heavy atom. The highest BCUT2D eigenvalue weighted by Gasteiger charge is 2.47. The van der Waals surface area contributed by atoms with Gasteiger partial charge in [0.15, 0.2) is 0 Å². The molecule has 1 fully saturated rings. The fourth-order valence-electron chi connectivity index (χ4n) is 3.70. The number of ether oxygens (including phenoxy) is 1. The van der Waals surface area contributed by atoms with Crippen molar-refractivity contribution in [3.05, 3.63) is 102 Å². The van der Waals surface area contributed by atoms with Crippen LogP contribution in [-0.4, -0.2) is 17.3 Å². The fraction of sp³-hybridized carbons (Fsp3) is 0.0833. The third-order valence-electron chi connectivity index (χ3n) is 5.05. The number of hydrogen-bond acceptors (Lipinski definition) is 2. The minimum Gasteiger partial charge on any atom is -0.507 e. The van der Waals surface area contributed by atoms with E-state index in [-0.39, 0.29) is 0 Å². The van der Waals surface area contributed by atoms with Crippen LogP contribution in [0.4, 0.5) is 0 Å². The standard InChI is InChI=1S/C12H8O.C12H10O/c1-2-4-8-7(3-1)9-5-6-10-12(13-10)11(8)9;13-12-9-5-4-8-11(12)10-6-2-1-3-7-10/h1-6,10,12H;1-9,13H. The second-order valence-electron chi connectivity index (χ2n) is 6.64. The largest absolute Gasteiger partial charge is 0.507 e. The molecule has 1 saturated heterocycles. The number of aromatic hydroxyl groups is 1. The third kappa shape index (κ3) is 2.47. The van der Waals surface area contributed by atoms with Gasteiger partial charge in [0.25, 0.3) is 0 Å². The Bertz CT molecular complexity index is 1030. The highest BCUT2D eigenvalue weighted by molar-refractivity contribution is 6.10. The van der Waals surface area contributed by atoms with E-state index in [4.69, 9.17) is 4.74 Å². The van der Waals surface area contributed by atoms with E-state index in [0.29, 0.717) is 18.0 Å². The zero-order valence-corrected chi connectivity index (χ0v) is 14.2. The summed E-state index contributed by atoms with van der Waals surface area (Å²) in [7, 11) is 0. The molecule has 0 saturated carbocycles. The van der Waals surface area contributed by atoms with Crippen molar-refractivity contribution in [3.8, 4) is 16.9 Å². The Morgan fingerprint density at radius 3 is 2.12 bits per heavy atom. The lowest BCUT2D eigenvalue weighted by Crippen LogP contribution is -2.13. The summed E-state index contributed by atoms with van der Waals surface area (Å²) in [5.74, 6) is 0.328. The van der Waals surface area contributed by atoms with Gasteiger partial charge in [0.2, 0.25) is 0 Å². The highest BCUT2D eigenvalue weighted by atomic mass is 16.6. The molecule has 0 radical (unpaired) electrons. The average molecular weight is 338 g/mol. The van der Waals surface area contributed by atoms with Gasteiger partial charge in [0, 0.05) is 5.56 Å². The number of epoxide rings is 1. The third-order valence-corrected chi connectivity index (χ3v) is 5.05. The molecule has 2 nitrogen and oxygen atoms in total. The van der Waals surface area contributed by atoms with Gasteiger partial charge in [0.05, 0.1) is 0 Å². The summed E-state index contributed by atoms with van der Waals surface area (Å²) in [5, 5.41) is 9.56. The Balaban J connectivity index is 0.000000115. The number of rotatable bonds is 1. The Kier molecular flexibility index (Phi) is 3.51. The van der Waals surface area contributed by atoms with E-state index in [2.05, 4.69) is 36.4 Å². The molecule has 1 N–H and O–H groups in total. The Morgan fingerprint density at radius 1 is 0.692 bits per heavy atom. The van der Waals surface area contributed by atoms with Crippen molar-refractivity contribution in [2.45, 2.75) is 12.2 Å². The van der Waals surface area contributed by atoms with E-state index in [1.54, 1.807) is 6.07 Å². The van der Waals surface area contributed by atoms with Gasteiger partial charge in [0.1, 0.15) is 18.0 Å². The maximum Gasteiger partial charge on any atom is 0.123 e. The molecule has 3 aliphatic rings. The molecular weight excluding hydrogens is 320 g/mol. The summed E-state index contributed by atoms with van der Waals surface area (Å²) < 4.78 is 5.52. The normalized spacial score (nSPS) is 20.8. The number of para-hydroxylation sites is 1. The van der Waals surface area contributed by atoms with Crippen LogP contribution in [0, 0.1) is 0 Å². The lowest BCUT2D eigenvalue weighted by Gasteiger charge is -2.26. The van der Waals surface area contributed by atoms with Crippen LogP contribution < -0.4 is 0 Å². The molecule has 1 aliphatic heterocycles. The van der Waals surface area contributed by atoms with Crippen molar-refractivity contribution in [2.75, 3.05) is 0 Å². The molecule has 2 atom stereocenters. The van der Waals surface area contributed by atoms with Crippen LogP contribution in [0.2, 0.25) is 0 Å². The van der Waals surface area contributed by atoms with Crippen LogP contribution >= 0.6 is 0 Å². The van der Waals surface area contributed by atoms with Gasteiger partial charge in [-0.2, -0.15) is 0 Å². The predicted molar refractivity (Wildman–Crippen MR) is 105 cm³/mol. The van der Waals surface area contributed by atoms with Gasteiger partial charge in [-0.1, -0.05) is 84.9 Å². The number of benzene rings is 3. The van der Waals surface area contributed by atoms with Gasteiger partial charge < -0.3 is 9.84 Å². The van der Waals surface area contributed by atoms with Crippen molar-refractivity contribution in [1.29, 1.82) is 0 Å². The molecule has 3 aromatic carbocycles. The monoisotopic (exact) mass is 338 g/mol.